The minimum Gasteiger partial charge on any atom is -0.495 e. The summed E-state index contributed by atoms with van der Waals surface area (Å²) in [7, 11) is 0.747. The molecule has 0 atom stereocenters. The van der Waals surface area contributed by atoms with Gasteiger partial charge in [-0.25, -0.2) is 8.42 Å². The second-order valence-electron chi connectivity index (χ2n) is 6.59. The molecule has 0 fully saturated rings. The SMILES string of the molecule is COc1ccccc1NS(=O)(=O)c1cc([N+](=O)[O-])ccc1N(C)Cc1cnn(C)c1. The lowest BCUT2D eigenvalue weighted by Crippen LogP contribution is -2.22. The van der Waals surface area contributed by atoms with Gasteiger partial charge in [0.05, 0.1) is 29.6 Å². The van der Waals surface area contributed by atoms with E-state index in [4.69, 9.17) is 4.74 Å². The topological polar surface area (TPSA) is 120 Å². The average molecular weight is 431 g/mol. The number of nitro benzene ring substituents is 1. The van der Waals surface area contributed by atoms with Gasteiger partial charge in [-0.1, -0.05) is 12.1 Å². The Kier molecular flexibility index (Phi) is 5.92. The van der Waals surface area contributed by atoms with Crippen molar-refractivity contribution in [3.05, 3.63) is 70.5 Å². The summed E-state index contributed by atoms with van der Waals surface area (Å²) in [6.07, 6.45) is 3.48. The number of nitrogens with one attached hydrogen (secondary N) is 1. The zero-order chi connectivity index (χ0) is 21.9. The van der Waals surface area contributed by atoms with Crippen molar-refractivity contribution in [2.24, 2.45) is 7.05 Å². The molecule has 30 heavy (non-hydrogen) atoms. The molecular formula is C19H21N5O5S. The fourth-order valence-corrected chi connectivity index (χ4v) is 4.33. The Hall–Kier alpha value is -3.60. The van der Waals surface area contributed by atoms with Crippen LogP contribution in [0.1, 0.15) is 5.56 Å². The van der Waals surface area contributed by atoms with Gasteiger partial charge < -0.3 is 9.64 Å². The molecule has 0 unspecified atom stereocenters. The Bertz CT molecular complexity index is 1180. The number of aryl methyl sites for hydroxylation is 1. The van der Waals surface area contributed by atoms with Gasteiger partial charge in [0, 0.05) is 44.5 Å². The van der Waals surface area contributed by atoms with E-state index in [0.717, 1.165) is 11.6 Å². The monoisotopic (exact) mass is 431 g/mol. The molecule has 3 rings (SSSR count). The van der Waals surface area contributed by atoms with Crippen LogP contribution >= 0.6 is 0 Å². The molecule has 10 nitrogen and oxygen atoms in total. The maximum atomic E-state index is 13.2. The van der Waals surface area contributed by atoms with Crippen molar-refractivity contribution in [3.63, 3.8) is 0 Å². The molecule has 0 amide bonds. The van der Waals surface area contributed by atoms with Gasteiger partial charge in [-0.15, -0.1) is 0 Å². The standard InChI is InChI=1S/C19H21N5O5S/c1-22(12-14-11-20-23(2)13-14)17-9-8-15(24(25)26)10-19(17)30(27,28)21-16-6-4-5-7-18(16)29-3/h4-11,13,21H,12H2,1-3H3. The third kappa shape index (κ3) is 4.51. The second kappa shape index (κ2) is 8.41. The summed E-state index contributed by atoms with van der Waals surface area (Å²) < 4.78 is 35.7. The van der Waals surface area contributed by atoms with E-state index in [-0.39, 0.29) is 16.3 Å². The highest BCUT2D eigenvalue weighted by molar-refractivity contribution is 7.93. The van der Waals surface area contributed by atoms with Crippen LogP contribution in [0.15, 0.2) is 59.8 Å². The number of nitrogens with zero attached hydrogens (tertiary/aromatic N) is 4. The number of sulfonamides is 1. The van der Waals surface area contributed by atoms with Crippen LogP contribution in [0.5, 0.6) is 5.75 Å². The zero-order valence-electron chi connectivity index (χ0n) is 16.6. The molecule has 0 bridgehead atoms. The molecule has 158 valence electrons. The fourth-order valence-electron chi connectivity index (χ4n) is 2.99. The normalized spacial score (nSPS) is 11.2. The van der Waals surface area contributed by atoms with Gasteiger partial charge in [0.25, 0.3) is 15.7 Å². The van der Waals surface area contributed by atoms with Gasteiger partial charge >= 0.3 is 0 Å². The first-order valence-electron chi connectivity index (χ1n) is 8.84. The molecule has 0 radical (unpaired) electrons. The number of ether oxygens (including phenoxy) is 1. The Morgan fingerprint density at radius 2 is 2.00 bits per heavy atom. The first-order valence-corrected chi connectivity index (χ1v) is 10.3. The highest BCUT2D eigenvalue weighted by Gasteiger charge is 2.25. The number of hydrogen-bond donors (Lipinski definition) is 1. The number of methoxy groups -OCH3 is 1. The van der Waals surface area contributed by atoms with Gasteiger partial charge in [0.15, 0.2) is 0 Å². The lowest BCUT2D eigenvalue weighted by molar-refractivity contribution is -0.385. The highest BCUT2D eigenvalue weighted by atomic mass is 32.2. The van der Waals surface area contributed by atoms with Crippen molar-refractivity contribution in [3.8, 4) is 5.75 Å². The summed E-state index contributed by atoms with van der Waals surface area (Å²) in [6.45, 7) is 0.364. The third-order valence-corrected chi connectivity index (χ3v) is 5.78. The molecule has 0 aliphatic heterocycles. The molecule has 0 saturated heterocycles. The third-order valence-electron chi connectivity index (χ3n) is 4.38. The van der Waals surface area contributed by atoms with Crippen molar-refractivity contribution in [1.82, 2.24) is 9.78 Å². The van der Waals surface area contributed by atoms with Gasteiger partial charge in [0.2, 0.25) is 0 Å². The number of benzene rings is 2. The zero-order valence-corrected chi connectivity index (χ0v) is 17.5. The van der Waals surface area contributed by atoms with Crippen LogP contribution < -0.4 is 14.4 Å². The van der Waals surface area contributed by atoms with Crippen molar-refractivity contribution >= 4 is 27.1 Å². The molecule has 1 heterocycles. The van der Waals surface area contributed by atoms with E-state index in [1.807, 2.05) is 6.20 Å². The number of hydrogen-bond acceptors (Lipinski definition) is 7. The fraction of sp³-hybridized carbons (Fsp3) is 0.211. The van der Waals surface area contributed by atoms with E-state index in [2.05, 4.69) is 9.82 Å². The molecule has 0 aliphatic carbocycles. The number of para-hydroxylation sites is 2. The molecule has 11 heteroatoms. The van der Waals surface area contributed by atoms with Crippen LogP contribution in [0.3, 0.4) is 0 Å². The number of nitro groups is 1. The van der Waals surface area contributed by atoms with Crippen LogP contribution in [0.2, 0.25) is 0 Å². The number of non-ortho nitro benzene ring substituents is 1. The molecule has 1 N–H and O–H groups in total. The highest BCUT2D eigenvalue weighted by Crippen LogP contribution is 2.33. The molecule has 3 aromatic rings. The molecule has 0 saturated carbocycles. The summed E-state index contributed by atoms with van der Waals surface area (Å²) >= 11 is 0. The number of aromatic nitrogens is 2. The van der Waals surface area contributed by atoms with E-state index < -0.39 is 14.9 Å². The molecular weight excluding hydrogens is 410 g/mol. The maximum Gasteiger partial charge on any atom is 0.270 e. The summed E-state index contributed by atoms with van der Waals surface area (Å²) in [5.41, 5.74) is 1.08. The Morgan fingerprint density at radius 1 is 1.27 bits per heavy atom. The van der Waals surface area contributed by atoms with Crippen LogP contribution in [0.4, 0.5) is 17.1 Å². The van der Waals surface area contributed by atoms with E-state index >= 15 is 0 Å². The predicted molar refractivity (Wildman–Crippen MR) is 112 cm³/mol. The summed E-state index contributed by atoms with van der Waals surface area (Å²) in [4.78, 5) is 12.1. The predicted octanol–water partition coefficient (Wildman–Crippen LogP) is 2.77. The average Bonchev–Trinajstić information content (AvgIpc) is 3.12. The molecule has 1 aromatic heterocycles. The Balaban J connectivity index is 2.03. The van der Waals surface area contributed by atoms with Gasteiger partial charge in [-0.05, 0) is 18.2 Å². The van der Waals surface area contributed by atoms with Crippen molar-refractivity contribution in [2.75, 3.05) is 23.8 Å². The first-order chi connectivity index (χ1) is 14.2. The minimum atomic E-state index is -4.16. The van der Waals surface area contributed by atoms with E-state index in [1.54, 1.807) is 54.1 Å². The Labute approximate surface area is 173 Å². The summed E-state index contributed by atoms with van der Waals surface area (Å²) in [5.74, 6) is 0.330. The summed E-state index contributed by atoms with van der Waals surface area (Å²) in [6, 6.07) is 10.3. The first kappa shape index (κ1) is 21.1. The second-order valence-corrected chi connectivity index (χ2v) is 8.24. The number of rotatable bonds is 8. The van der Waals surface area contributed by atoms with Crippen LogP contribution in [0, 0.1) is 10.1 Å². The van der Waals surface area contributed by atoms with Gasteiger partial charge in [-0.2, -0.15) is 5.10 Å². The van der Waals surface area contributed by atoms with Crippen LogP contribution in [-0.2, 0) is 23.6 Å². The summed E-state index contributed by atoms with van der Waals surface area (Å²) in [5, 5.41) is 15.4. The lowest BCUT2D eigenvalue weighted by Gasteiger charge is -2.22. The maximum absolute atomic E-state index is 13.2. The molecule has 2 aromatic carbocycles. The number of anilines is 2. The van der Waals surface area contributed by atoms with Gasteiger partial charge in [0.1, 0.15) is 10.6 Å². The van der Waals surface area contributed by atoms with E-state index in [1.165, 1.54) is 19.2 Å². The van der Waals surface area contributed by atoms with Gasteiger partial charge in [-0.3, -0.25) is 19.5 Å². The molecule has 0 aliphatic rings. The van der Waals surface area contributed by atoms with Crippen LogP contribution in [-0.4, -0.2) is 37.3 Å². The van der Waals surface area contributed by atoms with Crippen LogP contribution in [0.25, 0.3) is 0 Å². The van der Waals surface area contributed by atoms with E-state index in [0.29, 0.717) is 18.0 Å². The smallest absolute Gasteiger partial charge is 0.270 e. The van der Waals surface area contributed by atoms with Crippen molar-refractivity contribution in [1.29, 1.82) is 0 Å². The van der Waals surface area contributed by atoms with Crippen molar-refractivity contribution < 1.29 is 18.1 Å². The Morgan fingerprint density at radius 3 is 2.63 bits per heavy atom. The van der Waals surface area contributed by atoms with E-state index in [9.17, 15) is 18.5 Å². The largest absolute Gasteiger partial charge is 0.495 e. The minimum absolute atomic E-state index is 0.214. The van der Waals surface area contributed by atoms with Crippen molar-refractivity contribution in [2.45, 2.75) is 11.4 Å². The quantitative estimate of drug-likeness (QED) is 0.430. The lowest BCUT2D eigenvalue weighted by atomic mass is 10.2. The molecule has 0 spiro atoms.